The van der Waals surface area contributed by atoms with Crippen molar-refractivity contribution in [1.82, 2.24) is 18.7 Å². The van der Waals surface area contributed by atoms with E-state index in [2.05, 4.69) is 73.8 Å². The summed E-state index contributed by atoms with van der Waals surface area (Å²) in [6.07, 6.45) is 1.86. The van der Waals surface area contributed by atoms with E-state index in [0.29, 0.717) is 34.0 Å². The van der Waals surface area contributed by atoms with E-state index in [1.54, 1.807) is 0 Å². The number of hydrogen-bond acceptors (Lipinski definition) is 2. The Labute approximate surface area is 381 Å². The molecule has 5 nitrogen and oxygen atoms in total. The molecule has 0 fully saturated rings. The van der Waals surface area contributed by atoms with Gasteiger partial charge in [-0.3, -0.25) is 0 Å². The molecule has 0 spiro atoms. The van der Waals surface area contributed by atoms with Crippen LogP contribution in [0.25, 0.3) is 49.9 Å². The summed E-state index contributed by atoms with van der Waals surface area (Å²) >= 11 is 0. The summed E-state index contributed by atoms with van der Waals surface area (Å²) in [5.41, 5.74) is 9.46. The predicted molar refractivity (Wildman–Crippen MR) is 247 cm³/mol. The SMILES string of the molecule is [2H]C(C)(C)c1ccccc1-c1cc(Oc2[c-]c3c(cc2)c2ccccc2n3-c2cc(C(C)(C)C)ccn2)[c-]c([N+]2=C=[N+](c3ccccc3-c3cc(F)cc(F)c3)c3ccccc32)c1.[Pt+2]. The van der Waals surface area contributed by atoms with E-state index in [0.717, 1.165) is 61.8 Å². The van der Waals surface area contributed by atoms with Crippen molar-refractivity contribution in [3.63, 3.8) is 0 Å². The van der Waals surface area contributed by atoms with E-state index in [1.165, 1.54) is 17.7 Å². The zero-order chi connectivity index (χ0) is 43.6. The third-order valence-corrected chi connectivity index (χ3v) is 11.3. The van der Waals surface area contributed by atoms with Gasteiger partial charge in [-0.15, -0.1) is 29.1 Å². The number of aromatic nitrogens is 2. The van der Waals surface area contributed by atoms with Crippen molar-refractivity contribution in [2.24, 2.45) is 0 Å². The topological polar surface area (TPSA) is 33.1 Å². The molecule has 3 heterocycles. The van der Waals surface area contributed by atoms with E-state index in [-0.39, 0.29) is 26.5 Å². The molecule has 0 unspecified atom stereocenters. The largest absolute Gasteiger partial charge is 2.00 e. The number of fused-ring (bicyclic) bond motifs is 4. The first kappa shape index (κ1) is 40.3. The number of rotatable bonds is 8. The maximum absolute atomic E-state index is 14.6. The van der Waals surface area contributed by atoms with Crippen LogP contribution in [0.15, 0.2) is 158 Å². The van der Waals surface area contributed by atoms with Crippen LogP contribution in [-0.4, -0.2) is 15.6 Å². The van der Waals surface area contributed by atoms with Gasteiger partial charge in [-0.2, -0.15) is 6.07 Å². The summed E-state index contributed by atoms with van der Waals surface area (Å²) in [5.74, 6) is -0.512. The maximum Gasteiger partial charge on any atom is 2.00 e. The van der Waals surface area contributed by atoms with Gasteiger partial charge in [0.1, 0.15) is 23.1 Å². The first-order valence-corrected chi connectivity index (χ1v) is 20.6. The first-order valence-electron chi connectivity index (χ1n) is 21.1. The van der Waals surface area contributed by atoms with Gasteiger partial charge in [0.15, 0.2) is 0 Å². The van der Waals surface area contributed by atoms with E-state index in [1.807, 2.05) is 132 Å². The Morgan fingerprint density at radius 1 is 0.667 bits per heavy atom. The number of benzene rings is 7. The van der Waals surface area contributed by atoms with Crippen molar-refractivity contribution >= 4 is 50.6 Å². The van der Waals surface area contributed by atoms with Gasteiger partial charge in [0, 0.05) is 48.8 Å². The molecular weight excluding hydrogens is 966 g/mol. The summed E-state index contributed by atoms with van der Waals surface area (Å²) in [6, 6.07) is 58.0. The van der Waals surface area contributed by atoms with E-state index in [9.17, 15) is 8.78 Å². The molecule has 0 bridgehead atoms. The number of ether oxygens (including phenoxy) is 1. The van der Waals surface area contributed by atoms with Gasteiger partial charge in [0.05, 0.1) is 5.56 Å². The summed E-state index contributed by atoms with van der Waals surface area (Å²) in [6.45, 7) is 10.3. The van der Waals surface area contributed by atoms with Gasteiger partial charge in [-0.1, -0.05) is 124 Å². The molecule has 0 N–H and O–H groups in total. The molecule has 1 aliphatic heterocycles. The summed E-state index contributed by atoms with van der Waals surface area (Å²) < 4.78 is 51.0. The van der Waals surface area contributed by atoms with Crippen LogP contribution in [0, 0.1) is 23.8 Å². The van der Waals surface area contributed by atoms with E-state index >= 15 is 0 Å². The molecule has 7 aromatic carbocycles. The van der Waals surface area contributed by atoms with Crippen LogP contribution >= 0.6 is 0 Å². The smallest absolute Gasteiger partial charge is 0.509 e. The fourth-order valence-corrected chi connectivity index (χ4v) is 8.37. The molecule has 2 aromatic heterocycles. The molecule has 10 rings (SSSR count). The number of para-hydroxylation sites is 4. The quantitative estimate of drug-likeness (QED) is 0.112. The number of pyridine rings is 1. The Morgan fingerprint density at radius 2 is 1.32 bits per heavy atom. The number of halogens is 2. The Balaban J connectivity index is 0.00000518. The molecule has 9 aromatic rings. The molecule has 0 atom stereocenters. The molecule has 310 valence electrons. The third kappa shape index (κ3) is 7.73. The van der Waals surface area contributed by atoms with Crippen molar-refractivity contribution in [1.29, 1.82) is 0 Å². The second-order valence-corrected chi connectivity index (χ2v) is 16.8. The molecular formula is C55H42F2N4OPt+2. The van der Waals surface area contributed by atoms with Gasteiger partial charge in [0.25, 0.3) is 11.4 Å². The molecule has 0 saturated carbocycles. The second kappa shape index (κ2) is 16.5. The van der Waals surface area contributed by atoms with Crippen molar-refractivity contribution in [2.45, 2.75) is 45.9 Å². The van der Waals surface area contributed by atoms with Gasteiger partial charge in [0.2, 0.25) is 5.69 Å². The Morgan fingerprint density at radius 3 is 2.06 bits per heavy atom. The molecule has 1 aliphatic rings. The second-order valence-electron chi connectivity index (χ2n) is 16.8. The van der Waals surface area contributed by atoms with Crippen molar-refractivity contribution in [3.05, 3.63) is 193 Å². The standard InChI is InChI=1S/C55H42F2N4O.Pt/c1-35(2)44-14-6-7-15-45(44)37-28-41(59-34-60(52-21-13-12-20-51(52)59)49-18-10-8-16-46(49)36-26-39(56)31-40(57)27-36)32-43(29-37)62-42-22-23-48-47-17-9-11-19-50(47)61(53(48)33-42)54-30-38(24-25-58-54)55(3,4)5;/h6-31,35H,1-5H3;/q;+2/i35D;. The molecule has 0 amide bonds. The molecule has 0 aliphatic carbocycles. The van der Waals surface area contributed by atoms with Crippen molar-refractivity contribution < 1.29 is 36.0 Å². The maximum atomic E-state index is 14.6. The summed E-state index contributed by atoms with van der Waals surface area (Å²) in [7, 11) is 0. The van der Waals surface area contributed by atoms with Crippen LogP contribution in [0.3, 0.4) is 0 Å². The monoisotopic (exact) mass is 1010 g/mol. The van der Waals surface area contributed by atoms with Crippen LogP contribution < -0.4 is 13.9 Å². The normalized spacial score (nSPS) is 12.7. The van der Waals surface area contributed by atoms with Crippen LogP contribution in [-0.2, 0) is 26.5 Å². The number of hydrogen-bond donors (Lipinski definition) is 0. The summed E-state index contributed by atoms with van der Waals surface area (Å²) in [4.78, 5) is 4.85. The van der Waals surface area contributed by atoms with Crippen LogP contribution in [0.1, 0.15) is 53.0 Å². The fraction of sp³-hybridized carbons (Fsp3) is 0.127. The molecule has 0 saturated heterocycles. The Hall–Kier alpha value is -6.78. The summed E-state index contributed by atoms with van der Waals surface area (Å²) in [5, 5.41) is 2.10. The molecule has 8 heteroatoms. The minimum Gasteiger partial charge on any atom is -0.509 e. The Kier molecular flexibility index (Phi) is 10.5. The molecule has 63 heavy (non-hydrogen) atoms. The van der Waals surface area contributed by atoms with Gasteiger partial charge in [-0.25, -0.2) is 13.8 Å². The molecule has 0 radical (unpaired) electrons. The van der Waals surface area contributed by atoms with Crippen LogP contribution in [0.5, 0.6) is 11.5 Å². The predicted octanol–water partition coefficient (Wildman–Crippen LogP) is 14.5. The van der Waals surface area contributed by atoms with Crippen molar-refractivity contribution in [3.8, 4) is 39.6 Å². The van der Waals surface area contributed by atoms with Gasteiger partial charge < -0.3 is 9.30 Å². The van der Waals surface area contributed by atoms with Crippen LogP contribution in [0.4, 0.5) is 31.5 Å². The third-order valence-electron chi connectivity index (χ3n) is 11.3. The Bertz CT molecular complexity index is 3350. The van der Waals surface area contributed by atoms with Gasteiger partial charge in [-0.05, 0) is 79.9 Å². The first-order chi connectivity index (χ1) is 30.3. The zero-order valence-corrected chi connectivity index (χ0v) is 37.6. The van der Waals surface area contributed by atoms with Gasteiger partial charge >= 0.3 is 27.1 Å². The zero-order valence-electron chi connectivity index (χ0n) is 36.3. The number of nitrogens with zero attached hydrogens (tertiary/aromatic N) is 4. The minimum atomic E-state index is -0.905. The van der Waals surface area contributed by atoms with E-state index in [4.69, 9.17) is 11.1 Å². The van der Waals surface area contributed by atoms with Crippen molar-refractivity contribution in [2.75, 3.05) is 0 Å². The van der Waals surface area contributed by atoms with E-state index < -0.39 is 17.5 Å². The van der Waals surface area contributed by atoms with Crippen LogP contribution in [0.2, 0.25) is 0 Å². The average molecular weight is 1010 g/mol. The fourth-order valence-electron chi connectivity index (χ4n) is 8.37. The minimum absolute atomic E-state index is 0. The average Bonchev–Trinajstić information content (AvgIpc) is 3.81.